The van der Waals surface area contributed by atoms with Crippen molar-refractivity contribution in [3.8, 4) is 17.0 Å². The third-order valence-electron chi connectivity index (χ3n) is 2.95. The van der Waals surface area contributed by atoms with Gasteiger partial charge in [0.15, 0.2) is 0 Å². The molecule has 0 unspecified atom stereocenters. The number of rotatable bonds is 3. The molecular weight excluding hydrogens is 267 g/mol. The van der Waals surface area contributed by atoms with E-state index in [9.17, 15) is 4.39 Å². The lowest BCUT2D eigenvalue weighted by Crippen LogP contribution is -1.98. The molecular formula is C14H12ClFN2O. The minimum atomic E-state index is -0.488. The van der Waals surface area contributed by atoms with Gasteiger partial charge in [-0.2, -0.15) is 0 Å². The predicted octanol–water partition coefficient (Wildman–Crippen LogP) is 3.66. The molecule has 1 aromatic carbocycles. The van der Waals surface area contributed by atoms with E-state index in [1.165, 1.54) is 12.1 Å². The Morgan fingerprint density at radius 1 is 1.32 bits per heavy atom. The number of anilines is 1. The molecule has 1 aliphatic rings. The SMILES string of the molecule is Nc1cc(Cl)c(-c2ccc(OC3CC3)nc2)cc1F. The van der Waals surface area contributed by atoms with Gasteiger partial charge < -0.3 is 10.5 Å². The van der Waals surface area contributed by atoms with Crippen LogP contribution in [0.4, 0.5) is 10.1 Å². The number of hydrogen-bond acceptors (Lipinski definition) is 3. The summed E-state index contributed by atoms with van der Waals surface area (Å²) in [6.45, 7) is 0. The first kappa shape index (κ1) is 12.2. The molecule has 0 spiro atoms. The number of halogens is 2. The molecule has 1 heterocycles. The van der Waals surface area contributed by atoms with Gasteiger partial charge in [-0.25, -0.2) is 9.37 Å². The van der Waals surface area contributed by atoms with Crippen LogP contribution in [0.1, 0.15) is 12.8 Å². The average molecular weight is 279 g/mol. The van der Waals surface area contributed by atoms with Crippen molar-refractivity contribution >= 4 is 17.3 Å². The molecule has 1 aromatic heterocycles. The number of ether oxygens (including phenoxy) is 1. The average Bonchev–Trinajstić information content (AvgIpc) is 3.19. The summed E-state index contributed by atoms with van der Waals surface area (Å²) in [5.41, 5.74) is 6.79. The first-order valence-corrected chi connectivity index (χ1v) is 6.39. The van der Waals surface area contributed by atoms with Gasteiger partial charge in [0.05, 0.1) is 10.7 Å². The van der Waals surface area contributed by atoms with Crippen molar-refractivity contribution in [2.45, 2.75) is 18.9 Å². The summed E-state index contributed by atoms with van der Waals surface area (Å²) in [5, 5.41) is 0.400. The number of pyridine rings is 1. The molecule has 5 heteroatoms. The van der Waals surface area contributed by atoms with Crippen LogP contribution in [0.5, 0.6) is 5.88 Å². The van der Waals surface area contributed by atoms with E-state index < -0.39 is 5.82 Å². The molecule has 3 nitrogen and oxygen atoms in total. The molecule has 1 fully saturated rings. The third kappa shape index (κ3) is 2.63. The van der Waals surface area contributed by atoms with Gasteiger partial charge in [-0.05, 0) is 31.0 Å². The van der Waals surface area contributed by atoms with E-state index in [0.717, 1.165) is 18.4 Å². The highest BCUT2D eigenvalue weighted by Gasteiger charge is 2.23. The summed E-state index contributed by atoms with van der Waals surface area (Å²) in [5.74, 6) is 0.0935. The van der Waals surface area contributed by atoms with E-state index >= 15 is 0 Å². The molecule has 1 saturated carbocycles. The second-order valence-corrected chi connectivity index (χ2v) is 4.96. The zero-order valence-electron chi connectivity index (χ0n) is 10.1. The van der Waals surface area contributed by atoms with Crippen LogP contribution in [0.25, 0.3) is 11.1 Å². The highest BCUT2D eigenvalue weighted by atomic mass is 35.5. The van der Waals surface area contributed by atoms with E-state index in [0.29, 0.717) is 22.6 Å². The summed E-state index contributed by atoms with van der Waals surface area (Å²) in [6, 6.07) is 6.29. The van der Waals surface area contributed by atoms with Crippen molar-refractivity contribution in [2.24, 2.45) is 0 Å². The molecule has 19 heavy (non-hydrogen) atoms. The smallest absolute Gasteiger partial charge is 0.213 e. The maximum atomic E-state index is 13.5. The lowest BCUT2D eigenvalue weighted by molar-refractivity contribution is 0.291. The number of nitrogen functional groups attached to an aromatic ring is 1. The maximum Gasteiger partial charge on any atom is 0.213 e. The first-order valence-electron chi connectivity index (χ1n) is 6.01. The molecule has 2 aromatic rings. The molecule has 0 atom stereocenters. The van der Waals surface area contributed by atoms with E-state index in [-0.39, 0.29) is 5.69 Å². The van der Waals surface area contributed by atoms with E-state index in [4.69, 9.17) is 22.1 Å². The molecule has 0 saturated heterocycles. The second-order valence-electron chi connectivity index (χ2n) is 4.56. The zero-order chi connectivity index (χ0) is 13.4. The fourth-order valence-corrected chi connectivity index (χ4v) is 2.03. The topological polar surface area (TPSA) is 48.1 Å². The van der Waals surface area contributed by atoms with Crippen molar-refractivity contribution in [2.75, 3.05) is 5.73 Å². The standard InChI is InChI=1S/C14H12ClFN2O/c15-11-6-13(17)12(16)5-10(11)8-1-4-14(18-7-8)19-9-2-3-9/h1,4-7,9H,2-3,17H2. The van der Waals surface area contributed by atoms with E-state index in [1.54, 1.807) is 12.3 Å². The molecule has 2 N–H and O–H groups in total. The van der Waals surface area contributed by atoms with Gasteiger partial charge in [0, 0.05) is 23.4 Å². The number of nitrogens with two attached hydrogens (primary N) is 1. The minimum Gasteiger partial charge on any atom is -0.474 e. The lowest BCUT2D eigenvalue weighted by Gasteiger charge is -2.08. The number of hydrogen-bond donors (Lipinski definition) is 1. The van der Waals surface area contributed by atoms with E-state index in [2.05, 4.69) is 4.98 Å². The van der Waals surface area contributed by atoms with Gasteiger partial charge >= 0.3 is 0 Å². The highest BCUT2D eigenvalue weighted by Crippen LogP contribution is 2.32. The van der Waals surface area contributed by atoms with Gasteiger partial charge in [0.2, 0.25) is 5.88 Å². The number of nitrogens with zero attached hydrogens (tertiary/aromatic N) is 1. The van der Waals surface area contributed by atoms with Gasteiger partial charge in [-0.3, -0.25) is 0 Å². The summed E-state index contributed by atoms with van der Waals surface area (Å²) in [6.07, 6.45) is 4.08. The van der Waals surface area contributed by atoms with Crippen molar-refractivity contribution in [1.29, 1.82) is 0 Å². The quantitative estimate of drug-likeness (QED) is 0.872. The van der Waals surface area contributed by atoms with Crippen LogP contribution in [-0.2, 0) is 0 Å². The van der Waals surface area contributed by atoms with Crippen molar-refractivity contribution < 1.29 is 9.13 Å². The van der Waals surface area contributed by atoms with E-state index in [1.807, 2.05) is 6.07 Å². The van der Waals surface area contributed by atoms with Crippen LogP contribution in [0, 0.1) is 5.82 Å². The normalized spacial score (nSPS) is 14.4. The summed E-state index contributed by atoms with van der Waals surface area (Å²) >= 11 is 6.06. The summed E-state index contributed by atoms with van der Waals surface area (Å²) < 4.78 is 19.0. The maximum absolute atomic E-state index is 13.5. The molecule has 0 radical (unpaired) electrons. The van der Waals surface area contributed by atoms with Gasteiger partial charge in [0.1, 0.15) is 11.9 Å². The Morgan fingerprint density at radius 2 is 2.11 bits per heavy atom. The fraction of sp³-hybridized carbons (Fsp3) is 0.214. The Bertz CT molecular complexity index is 612. The Morgan fingerprint density at radius 3 is 2.74 bits per heavy atom. The molecule has 3 rings (SSSR count). The van der Waals surface area contributed by atoms with Gasteiger partial charge in [-0.15, -0.1) is 0 Å². The van der Waals surface area contributed by atoms with Crippen molar-refractivity contribution in [3.63, 3.8) is 0 Å². The Hall–Kier alpha value is -1.81. The van der Waals surface area contributed by atoms with Crippen LogP contribution in [-0.4, -0.2) is 11.1 Å². The van der Waals surface area contributed by atoms with Crippen LogP contribution < -0.4 is 10.5 Å². The first-order chi connectivity index (χ1) is 9.13. The Kier molecular flexibility index (Phi) is 3.03. The highest BCUT2D eigenvalue weighted by molar-refractivity contribution is 6.33. The molecule has 0 amide bonds. The van der Waals surface area contributed by atoms with Crippen LogP contribution >= 0.6 is 11.6 Å². The Labute approximate surface area is 115 Å². The minimum absolute atomic E-state index is 0.0374. The van der Waals surface area contributed by atoms with Crippen molar-refractivity contribution in [3.05, 3.63) is 41.3 Å². The molecule has 98 valence electrons. The fourth-order valence-electron chi connectivity index (χ4n) is 1.75. The van der Waals surface area contributed by atoms with Crippen molar-refractivity contribution in [1.82, 2.24) is 4.98 Å². The number of aromatic nitrogens is 1. The van der Waals surface area contributed by atoms with Gasteiger partial charge in [-0.1, -0.05) is 11.6 Å². The molecule has 0 aliphatic heterocycles. The van der Waals surface area contributed by atoms with Crippen LogP contribution in [0.2, 0.25) is 5.02 Å². The lowest BCUT2D eigenvalue weighted by atomic mass is 10.1. The molecule has 0 bridgehead atoms. The molecule has 1 aliphatic carbocycles. The monoisotopic (exact) mass is 278 g/mol. The largest absolute Gasteiger partial charge is 0.474 e. The van der Waals surface area contributed by atoms with Crippen LogP contribution in [0.3, 0.4) is 0 Å². The summed E-state index contributed by atoms with van der Waals surface area (Å²) in [4.78, 5) is 4.19. The zero-order valence-corrected chi connectivity index (χ0v) is 10.8. The second kappa shape index (κ2) is 4.70. The predicted molar refractivity (Wildman–Crippen MR) is 72.7 cm³/mol. The van der Waals surface area contributed by atoms with Crippen LogP contribution in [0.15, 0.2) is 30.5 Å². The Balaban J connectivity index is 1.90. The number of benzene rings is 1. The third-order valence-corrected chi connectivity index (χ3v) is 3.26. The van der Waals surface area contributed by atoms with Gasteiger partial charge in [0.25, 0.3) is 0 Å². The summed E-state index contributed by atoms with van der Waals surface area (Å²) in [7, 11) is 0.